The van der Waals surface area contributed by atoms with E-state index in [0.29, 0.717) is 18.1 Å². The third-order valence-electron chi connectivity index (χ3n) is 4.64. The third-order valence-corrected chi connectivity index (χ3v) is 4.64. The quantitative estimate of drug-likeness (QED) is 0.411. The number of nitrogens with zero attached hydrogens (tertiary/aromatic N) is 1. The Morgan fingerprint density at radius 3 is 2.29 bits per heavy atom. The van der Waals surface area contributed by atoms with Crippen LogP contribution in [0.25, 0.3) is 0 Å². The number of carbonyl (C=O) groups is 1. The molecule has 0 atom stereocenters. The highest BCUT2D eigenvalue weighted by Crippen LogP contribution is 2.24. The van der Waals surface area contributed by atoms with Crippen molar-refractivity contribution in [3.8, 4) is 11.5 Å². The van der Waals surface area contributed by atoms with Crippen LogP contribution >= 0.6 is 0 Å². The average molecular weight is 417 g/mol. The predicted octanol–water partition coefficient (Wildman–Crippen LogP) is 5.09. The number of carbonyl (C=O) groups excluding carboxylic acids is 1. The first-order valence-electron chi connectivity index (χ1n) is 10.2. The molecule has 0 spiro atoms. The molecule has 0 heterocycles. The molecule has 5 nitrogen and oxygen atoms in total. The minimum absolute atomic E-state index is 0.0751. The number of rotatable bonds is 8. The molecular weight excluding hydrogens is 388 g/mol. The van der Waals surface area contributed by atoms with Crippen molar-refractivity contribution in [3.05, 3.63) is 95.6 Å². The third kappa shape index (κ3) is 7.00. The molecule has 3 rings (SSSR count). The molecule has 1 N–H and O–H groups in total. The van der Waals surface area contributed by atoms with Gasteiger partial charge in [0.25, 0.3) is 5.91 Å². The van der Waals surface area contributed by atoms with Gasteiger partial charge in [-0.15, -0.1) is 0 Å². The first-order valence-corrected chi connectivity index (χ1v) is 10.2. The van der Waals surface area contributed by atoms with Crippen molar-refractivity contribution in [1.82, 2.24) is 5.43 Å². The molecule has 0 unspecified atom stereocenters. The number of hydrazone groups is 1. The number of benzene rings is 3. The highest BCUT2D eigenvalue weighted by Gasteiger charge is 2.13. The summed E-state index contributed by atoms with van der Waals surface area (Å²) in [5.74, 6) is 1.00. The Morgan fingerprint density at radius 2 is 1.58 bits per heavy atom. The van der Waals surface area contributed by atoms with E-state index in [1.54, 1.807) is 6.21 Å². The predicted molar refractivity (Wildman–Crippen MR) is 124 cm³/mol. The van der Waals surface area contributed by atoms with Crippen molar-refractivity contribution in [2.24, 2.45) is 5.10 Å². The maximum atomic E-state index is 12.0. The summed E-state index contributed by atoms with van der Waals surface area (Å²) in [7, 11) is 0. The molecule has 1 amide bonds. The van der Waals surface area contributed by atoms with Crippen LogP contribution in [-0.2, 0) is 16.8 Å². The molecule has 160 valence electrons. The van der Waals surface area contributed by atoms with Gasteiger partial charge in [0.2, 0.25) is 0 Å². The molecule has 0 aliphatic carbocycles. The first-order chi connectivity index (χ1) is 14.9. The lowest BCUT2D eigenvalue weighted by Gasteiger charge is -2.19. The van der Waals surface area contributed by atoms with Gasteiger partial charge >= 0.3 is 0 Å². The van der Waals surface area contributed by atoms with Crippen LogP contribution in [0, 0.1) is 0 Å². The molecule has 0 saturated carbocycles. The SMILES string of the molecule is CC(C)(C)c1ccc(OCC(=O)N/N=C\c2ccccc2OCc2ccccc2)cc1. The fraction of sp³-hybridized carbons (Fsp3) is 0.231. The van der Waals surface area contributed by atoms with Gasteiger partial charge in [-0.3, -0.25) is 4.79 Å². The Hall–Kier alpha value is -3.60. The second kappa shape index (κ2) is 10.4. The Labute approximate surface area is 183 Å². The highest BCUT2D eigenvalue weighted by atomic mass is 16.5. The lowest BCUT2D eigenvalue weighted by molar-refractivity contribution is -0.123. The van der Waals surface area contributed by atoms with Gasteiger partial charge in [-0.2, -0.15) is 5.10 Å². The topological polar surface area (TPSA) is 59.9 Å². The van der Waals surface area contributed by atoms with Crippen LogP contribution in [0.2, 0.25) is 0 Å². The normalized spacial score (nSPS) is 11.3. The van der Waals surface area contributed by atoms with Gasteiger partial charge in [0.1, 0.15) is 18.1 Å². The molecule has 31 heavy (non-hydrogen) atoms. The zero-order chi connectivity index (χ0) is 22.1. The van der Waals surface area contributed by atoms with E-state index in [2.05, 4.69) is 31.3 Å². The van der Waals surface area contributed by atoms with E-state index in [1.807, 2.05) is 78.9 Å². The van der Waals surface area contributed by atoms with Gasteiger partial charge in [0.05, 0.1) is 6.21 Å². The maximum Gasteiger partial charge on any atom is 0.277 e. The number of amides is 1. The number of nitrogens with one attached hydrogen (secondary N) is 1. The smallest absolute Gasteiger partial charge is 0.277 e. The maximum absolute atomic E-state index is 12.0. The average Bonchev–Trinajstić information content (AvgIpc) is 2.77. The standard InChI is InChI=1S/C26H28N2O3/c1-26(2,3)22-13-15-23(16-14-22)30-19-25(29)28-27-17-21-11-7-8-12-24(21)31-18-20-9-5-4-6-10-20/h4-17H,18-19H2,1-3H3,(H,28,29)/b27-17-. The zero-order valence-corrected chi connectivity index (χ0v) is 18.2. The van der Waals surface area contributed by atoms with Crippen LogP contribution < -0.4 is 14.9 Å². The monoisotopic (exact) mass is 416 g/mol. The van der Waals surface area contributed by atoms with E-state index in [9.17, 15) is 4.79 Å². The van der Waals surface area contributed by atoms with Crippen LogP contribution in [0.15, 0.2) is 84.0 Å². The van der Waals surface area contributed by atoms with Crippen molar-refractivity contribution < 1.29 is 14.3 Å². The molecule has 0 aliphatic rings. The molecular formula is C26H28N2O3. The summed E-state index contributed by atoms with van der Waals surface area (Å²) < 4.78 is 11.4. The molecule has 3 aromatic rings. The van der Waals surface area contributed by atoms with Crippen molar-refractivity contribution in [2.75, 3.05) is 6.61 Å². The van der Waals surface area contributed by atoms with Gasteiger partial charge in [0, 0.05) is 5.56 Å². The molecule has 0 bridgehead atoms. The van der Waals surface area contributed by atoms with Crippen LogP contribution in [-0.4, -0.2) is 18.7 Å². The number of hydrogen-bond donors (Lipinski definition) is 1. The molecule has 0 aromatic heterocycles. The van der Waals surface area contributed by atoms with E-state index < -0.39 is 0 Å². The Bertz CT molecular complexity index is 1010. The zero-order valence-electron chi connectivity index (χ0n) is 18.2. The Balaban J connectivity index is 1.49. The van der Waals surface area contributed by atoms with Crippen molar-refractivity contribution in [3.63, 3.8) is 0 Å². The van der Waals surface area contributed by atoms with E-state index >= 15 is 0 Å². The fourth-order valence-electron chi connectivity index (χ4n) is 2.86. The summed E-state index contributed by atoms with van der Waals surface area (Å²) in [5.41, 5.74) is 5.63. The van der Waals surface area contributed by atoms with Gasteiger partial charge in [0.15, 0.2) is 6.61 Å². The highest BCUT2D eigenvalue weighted by molar-refractivity contribution is 5.85. The summed E-state index contributed by atoms with van der Waals surface area (Å²) in [4.78, 5) is 12.0. The molecule has 0 radical (unpaired) electrons. The van der Waals surface area contributed by atoms with Crippen molar-refractivity contribution >= 4 is 12.1 Å². The van der Waals surface area contributed by atoms with Gasteiger partial charge < -0.3 is 9.47 Å². The van der Waals surface area contributed by atoms with E-state index in [0.717, 1.165) is 11.1 Å². The second-order valence-electron chi connectivity index (χ2n) is 8.17. The van der Waals surface area contributed by atoms with Crippen molar-refractivity contribution in [2.45, 2.75) is 32.8 Å². The summed E-state index contributed by atoms with van der Waals surface area (Å²) in [6.45, 7) is 6.80. The van der Waals surface area contributed by atoms with E-state index in [4.69, 9.17) is 9.47 Å². The largest absolute Gasteiger partial charge is 0.488 e. The number of ether oxygens (including phenoxy) is 2. The van der Waals surface area contributed by atoms with E-state index in [-0.39, 0.29) is 17.9 Å². The number of para-hydroxylation sites is 1. The Kier molecular flexibility index (Phi) is 7.44. The summed E-state index contributed by atoms with van der Waals surface area (Å²) in [6, 6.07) is 25.2. The summed E-state index contributed by atoms with van der Waals surface area (Å²) in [5, 5.41) is 4.03. The second-order valence-corrected chi connectivity index (χ2v) is 8.17. The van der Waals surface area contributed by atoms with Crippen LogP contribution in [0.4, 0.5) is 0 Å². The van der Waals surface area contributed by atoms with E-state index in [1.165, 1.54) is 5.56 Å². The van der Waals surface area contributed by atoms with Gasteiger partial charge in [-0.1, -0.05) is 75.4 Å². The van der Waals surface area contributed by atoms with Crippen molar-refractivity contribution in [1.29, 1.82) is 0 Å². The number of hydrogen-bond acceptors (Lipinski definition) is 4. The first kappa shape index (κ1) is 22.1. The lowest BCUT2D eigenvalue weighted by atomic mass is 9.87. The Morgan fingerprint density at radius 1 is 0.903 bits per heavy atom. The fourth-order valence-corrected chi connectivity index (χ4v) is 2.86. The van der Waals surface area contributed by atoms with Gasteiger partial charge in [-0.05, 0) is 40.8 Å². The minimum Gasteiger partial charge on any atom is -0.488 e. The molecule has 0 saturated heterocycles. The molecule has 3 aromatic carbocycles. The van der Waals surface area contributed by atoms with Crippen LogP contribution in [0.3, 0.4) is 0 Å². The van der Waals surface area contributed by atoms with Crippen LogP contribution in [0.1, 0.15) is 37.5 Å². The van der Waals surface area contributed by atoms with Gasteiger partial charge in [-0.25, -0.2) is 5.43 Å². The lowest BCUT2D eigenvalue weighted by Crippen LogP contribution is -2.24. The molecule has 0 fully saturated rings. The summed E-state index contributed by atoms with van der Waals surface area (Å²) >= 11 is 0. The van der Waals surface area contributed by atoms with Crippen LogP contribution in [0.5, 0.6) is 11.5 Å². The summed E-state index contributed by atoms with van der Waals surface area (Å²) in [6.07, 6.45) is 1.57. The molecule has 0 aliphatic heterocycles. The minimum atomic E-state index is -0.334. The molecule has 5 heteroatoms.